The first kappa shape index (κ1) is 13.9. The third-order valence-electron chi connectivity index (χ3n) is 4.51. The number of rotatable bonds is 2. The summed E-state index contributed by atoms with van der Waals surface area (Å²) in [6.45, 7) is 6.29. The van der Waals surface area contributed by atoms with E-state index in [2.05, 4.69) is 30.7 Å². The van der Waals surface area contributed by atoms with Crippen molar-refractivity contribution in [2.45, 2.75) is 25.9 Å². The maximum Gasteiger partial charge on any atom is 0.339 e. The highest BCUT2D eigenvalue weighted by molar-refractivity contribution is 6.03. The van der Waals surface area contributed by atoms with Crippen LogP contribution in [0.1, 0.15) is 24.2 Å². The first-order valence-corrected chi connectivity index (χ1v) is 7.19. The zero-order chi connectivity index (χ0) is 15.1. The highest BCUT2D eigenvalue weighted by Gasteiger charge is 2.27. The van der Waals surface area contributed by atoms with Gasteiger partial charge in [0, 0.05) is 36.2 Å². The molecule has 5 heteroatoms. The number of hydrogen-bond donors (Lipinski definition) is 1. The van der Waals surface area contributed by atoms with Gasteiger partial charge < -0.3 is 14.4 Å². The monoisotopic (exact) mass is 288 g/mol. The molecular formula is C16H20N2O3. The second-order valence-electron chi connectivity index (χ2n) is 5.90. The predicted octanol–water partition coefficient (Wildman–Crippen LogP) is 2.66. The van der Waals surface area contributed by atoms with Crippen molar-refractivity contribution >= 4 is 22.6 Å². The molecule has 3 rings (SSSR count). The van der Waals surface area contributed by atoms with Crippen LogP contribution in [0.15, 0.2) is 28.9 Å². The molecule has 2 aromatic rings. The van der Waals surface area contributed by atoms with E-state index in [1.807, 2.05) is 18.2 Å². The van der Waals surface area contributed by atoms with Crippen LogP contribution in [0.2, 0.25) is 0 Å². The van der Waals surface area contributed by atoms with E-state index in [-0.39, 0.29) is 5.56 Å². The molecule has 1 saturated heterocycles. The molecule has 1 fully saturated rings. The summed E-state index contributed by atoms with van der Waals surface area (Å²) in [5.41, 5.74) is 1.90. The van der Waals surface area contributed by atoms with Crippen molar-refractivity contribution < 1.29 is 14.3 Å². The van der Waals surface area contributed by atoms with Crippen LogP contribution in [-0.2, 0) is 0 Å². The molecule has 5 nitrogen and oxygen atoms in total. The molecule has 1 N–H and O–H groups in total. The summed E-state index contributed by atoms with van der Waals surface area (Å²) in [6, 6.07) is 6.71. The molecule has 112 valence electrons. The van der Waals surface area contributed by atoms with Crippen molar-refractivity contribution in [3.63, 3.8) is 0 Å². The molecule has 1 aromatic carbocycles. The quantitative estimate of drug-likeness (QED) is 0.920. The molecule has 1 aliphatic rings. The number of carboxylic acid groups (broad SMARTS) is 1. The fraction of sp³-hybridized carbons (Fsp3) is 0.438. The first-order chi connectivity index (χ1) is 9.97. The summed E-state index contributed by atoms with van der Waals surface area (Å²) < 4.78 is 5.30. The molecule has 0 spiro atoms. The Kier molecular flexibility index (Phi) is 3.37. The van der Waals surface area contributed by atoms with Crippen molar-refractivity contribution in [2.75, 3.05) is 25.0 Å². The molecule has 0 aliphatic carbocycles. The molecule has 2 unspecified atom stereocenters. The van der Waals surface area contributed by atoms with Crippen LogP contribution in [0, 0.1) is 0 Å². The van der Waals surface area contributed by atoms with E-state index in [4.69, 9.17) is 4.42 Å². The number of aromatic carboxylic acids is 1. The lowest BCUT2D eigenvalue weighted by Gasteiger charge is -2.43. The van der Waals surface area contributed by atoms with Gasteiger partial charge in [0.05, 0.1) is 0 Å². The molecule has 1 aromatic heterocycles. The summed E-state index contributed by atoms with van der Waals surface area (Å²) >= 11 is 0. The minimum absolute atomic E-state index is 0.224. The Labute approximate surface area is 123 Å². The Balaban J connectivity index is 1.97. The average molecular weight is 288 g/mol. The predicted molar refractivity (Wildman–Crippen MR) is 82.1 cm³/mol. The largest absolute Gasteiger partial charge is 0.478 e. The van der Waals surface area contributed by atoms with E-state index in [9.17, 15) is 9.90 Å². The van der Waals surface area contributed by atoms with Crippen molar-refractivity contribution in [1.82, 2.24) is 4.90 Å². The van der Waals surface area contributed by atoms with E-state index >= 15 is 0 Å². The van der Waals surface area contributed by atoms with E-state index in [0.717, 1.165) is 18.8 Å². The summed E-state index contributed by atoms with van der Waals surface area (Å²) in [6.07, 6.45) is 1.31. The van der Waals surface area contributed by atoms with Gasteiger partial charge in [-0.15, -0.1) is 0 Å². The third-order valence-corrected chi connectivity index (χ3v) is 4.51. The molecule has 1 aliphatic heterocycles. The van der Waals surface area contributed by atoms with Gasteiger partial charge in [0.25, 0.3) is 0 Å². The van der Waals surface area contributed by atoms with Gasteiger partial charge in [0.2, 0.25) is 0 Å². The second-order valence-corrected chi connectivity index (χ2v) is 5.90. The lowest BCUT2D eigenvalue weighted by Crippen LogP contribution is -2.55. The first-order valence-electron chi connectivity index (χ1n) is 7.19. The van der Waals surface area contributed by atoms with Gasteiger partial charge in [-0.1, -0.05) is 0 Å². The average Bonchev–Trinajstić information content (AvgIpc) is 2.87. The summed E-state index contributed by atoms with van der Waals surface area (Å²) in [4.78, 5) is 15.9. The van der Waals surface area contributed by atoms with Crippen LogP contribution in [0.4, 0.5) is 5.69 Å². The number of hydrogen-bond acceptors (Lipinski definition) is 4. The van der Waals surface area contributed by atoms with Gasteiger partial charge in [-0.05, 0) is 39.1 Å². The highest BCUT2D eigenvalue weighted by atomic mass is 16.4. The molecular weight excluding hydrogens is 268 g/mol. The Hall–Kier alpha value is -2.01. The number of carboxylic acids is 1. The van der Waals surface area contributed by atoms with Crippen LogP contribution in [0.5, 0.6) is 0 Å². The van der Waals surface area contributed by atoms with E-state index in [1.54, 1.807) is 0 Å². The van der Waals surface area contributed by atoms with E-state index in [1.165, 1.54) is 6.26 Å². The van der Waals surface area contributed by atoms with Crippen LogP contribution < -0.4 is 4.90 Å². The number of fused-ring (bicyclic) bond motifs is 1. The van der Waals surface area contributed by atoms with Crippen molar-refractivity contribution in [3.8, 4) is 0 Å². The number of carbonyl (C=O) groups is 1. The van der Waals surface area contributed by atoms with Crippen molar-refractivity contribution in [1.29, 1.82) is 0 Å². The highest BCUT2D eigenvalue weighted by Crippen LogP contribution is 2.28. The maximum absolute atomic E-state index is 11.2. The van der Waals surface area contributed by atoms with Gasteiger partial charge in [-0.25, -0.2) is 4.79 Å². The van der Waals surface area contributed by atoms with Gasteiger partial charge in [-0.2, -0.15) is 0 Å². The Bertz CT molecular complexity index is 667. The van der Waals surface area contributed by atoms with Crippen LogP contribution in [0.3, 0.4) is 0 Å². The van der Waals surface area contributed by atoms with Gasteiger partial charge in [0.15, 0.2) is 0 Å². The van der Waals surface area contributed by atoms with Crippen LogP contribution in [-0.4, -0.2) is 48.2 Å². The number of benzene rings is 1. The summed E-state index contributed by atoms with van der Waals surface area (Å²) in [5.74, 6) is -0.953. The van der Waals surface area contributed by atoms with Crippen molar-refractivity contribution in [2.24, 2.45) is 0 Å². The standard InChI is InChI=1S/C16H20N2O3/c1-10-7-18(8-11(2)17(10)3)12-4-5-15-13(6-12)14(9-21-15)16(19)20/h4-6,9-11H,7-8H2,1-3H3,(H,19,20). The summed E-state index contributed by atoms with van der Waals surface area (Å²) in [5, 5.41) is 9.88. The molecule has 21 heavy (non-hydrogen) atoms. The van der Waals surface area contributed by atoms with E-state index < -0.39 is 5.97 Å². The van der Waals surface area contributed by atoms with Gasteiger partial charge in [-0.3, -0.25) is 4.90 Å². The molecule has 0 saturated carbocycles. The smallest absolute Gasteiger partial charge is 0.339 e. The third kappa shape index (κ3) is 2.38. The number of piperazine rings is 1. The maximum atomic E-state index is 11.2. The lowest BCUT2D eigenvalue weighted by molar-refractivity contribution is 0.0698. The van der Waals surface area contributed by atoms with Gasteiger partial charge >= 0.3 is 5.97 Å². The fourth-order valence-corrected chi connectivity index (χ4v) is 2.99. The number of likely N-dealkylation sites (N-methyl/N-ethyl adjacent to an activating group) is 1. The minimum Gasteiger partial charge on any atom is -0.478 e. The topological polar surface area (TPSA) is 56.9 Å². The molecule has 2 heterocycles. The van der Waals surface area contributed by atoms with Crippen LogP contribution >= 0.6 is 0 Å². The van der Waals surface area contributed by atoms with E-state index in [0.29, 0.717) is 23.1 Å². The number of furan rings is 1. The number of anilines is 1. The molecule has 0 bridgehead atoms. The normalized spacial score (nSPS) is 23.7. The fourth-order valence-electron chi connectivity index (χ4n) is 2.99. The van der Waals surface area contributed by atoms with Crippen LogP contribution in [0.25, 0.3) is 11.0 Å². The SMILES string of the molecule is CC1CN(c2ccc3occ(C(=O)O)c3c2)CC(C)N1C. The minimum atomic E-state index is -0.953. The molecule has 2 atom stereocenters. The Morgan fingerprint density at radius 3 is 2.57 bits per heavy atom. The number of nitrogens with zero attached hydrogens (tertiary/aromatic N) is 2. The zero-order valence-electron chi connectivity index (χ0n) is 12.5. The van der Waals surface area contributed by atoms with Crippen molar-refractivity contribution in [3.05, 3.63) is 30.0 Å². The molecule has 0 amide bonds. The lowest BCUT2D eigenvalue weighted by atomic mass is 10.1. The van der Waals surface area contributed by atoms with Gasteiger partial charge in [0.1, 0.15) is 17.4 Å². The molecule has 0 radical (unpaired) electrons. The zero-order valence-corrected chi connectivity index (χ0v) is 12.5. The summed E-state index contributed by atoms with van der Waals surface area (Å²) in [7, 11) is 2.15. The Morgan fingerprint density at radius 1 is 1.29 bits per heavy atom. The second kappa shape index (κ2) is 5.07. The Morgan fingerprint density at radius 2 is 1.95 bits per heavy atom.